The van der Waals surface area contributed by atoms with Crippen molar-refractivity contribution in [1.82, 2.24) is 4.90 Å². The molecule has 6 nitrogen and oxygen atoms in total. The zero-order valence-electron chi connectivity index (χ0n) is 15.5. The molecule has 1 aliphatic heterocycles. The Balaban J connectivity index is 1.62. The molecule has 6 heteroatoms. The number of hydrogen-bond acceptors (Lipinski definition) is 5. The van der Waals surface area contributed by atoms with Gasteiger partial charge in [0.2, 0.25) is 0 Å². The summed E-state index contributed by atoms with van der Waals surface area (Å²) in [5.41, 5.74) is 2.23. The van der Waals surface area contributed by atoms with E-state index in [1.807, 2.05) is 24.3 Å². The van der Waals surface area contributed by atoms with Gasteiger partial charge in [0.05, 0.1) is 16.9 Å². The molecule has 0 bridgehead atoms. The third-order valence-corrected chi connectivity index (χ3v) is 4.70. The van der Waals surface area contributed by atoms with Crippen LogP contribution in [0, 0.1) is 11.3 Å². The first-order valence-corrected chi connectivity index (χ1v) is 9.19. The first-order valence-electron chi connectivity index (χ1n) is 9.19. The molecule has 2 aromatic carbocycles. The number of ether oxygens (including phenoxy) is 1. The summed E-state index contributed by atoms with van der Waals surface area (Å²) < 4.78 is 5.52. The van der Waals surface area contributed by atoms with E-state index in [4.69, 9.17) is 10.00 Å². The fourth-order valence-electron chi connectivity index (χ4n) is 3.17. The molecule has 0 atom stereocenters. The van der Waals surface area contributed by atoms with E-state index >= 15 is 0 Å². The van der Waals surface area contributed by atoms with Gasteiger partial charge in [0.25, 0.3) is 5.91 Å². The molecule has 1 aliphatic rings. The van der Waals surface area contributed by atoms with Crippen LogP contribution in [0.5, 0.6) is 5.75 Å². The van der Waals surface area contributed by atoms with Crippen molar-refractivity contribution in [2.75, 3.05) is 49.5 Å². The molecule has 0 radical (unpaired) electrons. The third kappa shape index (κ3) is 4.78. The molecular weight excluding hydrogens is 340 g/mol. The fourth-order valence-corrected chi connectivity index (χ4v) is 3.17. The van der Waals surface area contributed by atoms with Crippen LogP contribution in [0.25, 0.3) is 0 Å². The summed E-state index contributed by atoms with van der Waals surface area (Å²) in [6, 6.07) is 16.8. The average Bonchev–Trinajstić information content (AvgIpc) is 2.73. The number of nitrogens with one attached hydrogen (secondary N) is 1. The molecule has 27 heavy (non-hydrogen) atoms. The monoisotopic (exact) mass is 364 g/mol. The smallest absolute Gasteiger partial charge is 0.262 e. The van der Waals surface area contributed by atoms with Crippen molar-refractivity contribution in [1.29, 1.82) is 5.26 Å². The summed E-state index contributed by atoms with van der Waals surface area (Å²) in [6.07, 6.45) is 0. The summed E-state index contributed by atoms with van der Waals surface area (Å²) >= 11 is 0. The van der Waals surface area contributed by atoms with E-state index in [9.17, 15) is 4.79 Å². The number of carbonyl (C=O) groups is 1. The van der Waals surface area contributed by atoms with Gasteiger partial charge in [-0.05, 0) is 30.8 Å². The van der Waals surface area contributed by atoms with Gasteiger partial charge in [-0.3, -0.25) is 4.79 Å². The maximum Gasteiger partial charge on any atom is 0.262 e. The Bertz CT molecular complexity index is 823. The number of para-hydroxylation sites is 3. The summed E-state index contributed by atoms with van der Waals surface area (Å²) in [5.74, 6) is 0.168. The maximum absolute atomic E-state index is 12.4. The number of carbonyl (C=O) groups excluding carboxylic acids is 1. The predicted octanol–water partition coefficient (Wildman–Crippen LogP) is 2.72. The Kier molecular flexibility index (Phi) is 6.29. The second kappa shape index (κ2) is 9.06. The second-order valence-electron chi connectivity index (χ2n) is 6.38. The molecular formula is C21H24N4O2. The zero-order valence-corrected chi connectivity index (χ0v) is 15.5. The minimum absolute atomic E-state index is 0.142. The van der Waals surface area contributed by atoms with Gasteiger partial charge in [-0.1, -0.05) is 31.2 Å². The van der Waals surface area contributed by atoms with Gasteiger partial charge in [-0.25, -0.2) is 0 Å². The highest BCUT2D eigenvalue weighted by molar-refractivity contribution is 5.95. The molecule has 1 fully saturated rings. The van der Waals surface area contributed by atoms with Crippen LogP contribution in [-0.2, 0) is 4.79 Å². The zero-order chi connectivity index (χ0) is 19.1. The molecule has 0 aromatic heterocycles. The van der Waals surface area contributed by atoms with Gasteiger partial charge in [-0.15, -0.1) is 0 Å². The van der Waals surface area contributed by atoms with E-state index in [0.717, 1.165) is 44.1 Å². The fraction of sp³-hybridized carbons (Fsp3) is 0.333. The molecule has 1 heterocycles. The summed E-state index contributed by atoms with van der Waals surface area (Å²) in [4.78, 5) is 17.1. The lowest BCUT2D eigenvalue weighted by Crippen LogP contribution is -2.46. The third-order valence-electron chi connectivity index (χ3n) is 4.70. The van der Waals surface area contributed by atoms with E-state index in [1.165, 1.54) is 0 Å². The highest BCUT2D eigenvalue weighted by Crippen LogP contribution is 2.26. The highest BCUT2D eigenvalue weighted by atomic mass is 16.5. The van der Waals surface area contributed by atoms with Crippen LogP contribution in [0.2, 0.25) is 0 Å². The Hall–Kier alpha value is -3.04. The quantitative estimate of drug-likeness (QED) is 0.854. The van der Waals surface area contributed by atoms with Crippen molar-refractivity contribution in [3.63, 3.8) is 0 Å². The van der Waals surface area contributed by atoms with E-state index in [-0.39, 0.29) is 12.5 Å². The largest absolute Gasteiger partial charge is 0.482 e. The number of anilines is 2. The van der Waals surface area contributed by atoms with Crippen LogP contribution >= 0.6 is 0 Å². The molecule has 0 aliphatic carbocycles. The lowest BCUT2D eigenvalue weighted by molar-refractivity contribution is -0.118. The minimum Gasteiger partial charge on any atom is -0.482 e. The number of amides is 1. The number of benzene rings is 2. The molecule has 1 amide bonds. The number of likely N-dealkylation sites (N-methyl/N-ethyl adjacent to an activating group) is 1. The first-order chi connectivity index (χ1) is 13.2. The highest BCUT2D eigenvalue weighted by Gasteiger charge is 2.19. The van der Waals surface area contributed by atoms with Gasteiger partial charge in [-0.2, -0.15) is 5.26 Å². The maximum atomic E-state index is 12.4. The molecule has 3 rings (SSSR count). The first kappa shape index (κ1) is 18.7. The van der Waals surface area contributed by atoms with Gasteiger partial charge in [0.15, 0.2) is 6.61 Å². The average molecular weight is 364 g/mol. The minimum atomic E-state index is -0.248. The number of piperazine rings is 1. The van der Waals surface area contributed by atoms with E-state index in [0.29, 0.717) is 11.3 Å². The van der Waals surface area contributed by atoms with Crippen LogP contribution in [0.3, 0.4) is 0 Å². The lowest BCUT2D eigenvalue weighted by atomic mass is 10.2. The van der Waals surface area contributed by atoms with Crippen molar-refractivity contribution < 1.29 is 9.53 Å². The Morgan fingerprint density at radius 2 is 1.81 bits per heavy atom. The second-order valence-corrected chi connectivity index (χ2v) is 6.38. The summed E-state index contributed by atoms with van der Waals surface area (Å²) in [6.45, 7) is 7.01. The van der Waals surface area contributed by atoms with Crippen molar-refractivity contribution in [3.05, 3.63) is 54.1 Å². The summed E-state index contributed by atoms with van der Waals surface area (Å²) in [5, 5.41) is 12.0. The molecule has 0 unspecified atom stereocenters. The molecule has 0 spiro atoms. The van der Waals surface area contributed by atoms with Crippen LogP contribution in [-0.4, -0.2) is 50.1 Å². The number of hydrogen-bond donors (Lipinski definition) is 1. The van der Waals surface area contributed by atoms with Crippen LogP contribution in [0.1, 0.15) is 12.5 Å². The van der Waals surface area contributed by atoms with Gasteiger partial charge in [0, 0.05) is 26.2 Å². The topological polar surface area (TPSA) is 68.6 Å². The van der Waals surface area contributed by atoms with Crippen molar-refractivity contribution in [3.8, 4) is 11.8 Å². The molecule has 1 N–H and O–H groups in total. The van der Waals surface area contributed by atoms with E-state index in [2.05, 4.69) is 28.1 Å². The molecule has 0 saturated carbocycles. The number of rotatable bonds is 6. The Labute approximate surface area is 160 Å². The van der Waals surface area contributed by atoms with Crippen molar-refractivity contribution >= 4 is 17.3 Å². The summed E-state index contributed by atoms with van der Waals surface area (Å²) in [7, 11) is 0. The standard InChI is InChI=1S/C21H24N4O2/c1-2-24-11-13-25(14-12-24)19-9-5-4-8-18(19)23-21(26)16-27-20-10-6-3-7-17(20)15-22/h3-10H,2,11-14,16H2,1H3,(H,23,26). The van der Waals surface area contributed by atoms with Crippen LogP contribution in [0.15, 0.2) is 48.5 Å². The normalized spacial score (nSPS) is 14.4. The molecule has 1 saturated heterocycles. The van der Waals surface area contributed by atoms with Gasteiger partial charge in [0.1, 0.15) is 11.8 Å². The lowest BCUT2D eigenvalue weighted by Gasteiger charge is -2.36. The van der Waals surface area contributed by atoms with E-state index in [1.54, 1.807) is 24.3 Å². The predicted molar refractivity (Wildman–Crippen MR) is 106 cm³/mol. The van der Waals surface area contributed by atoms with Crippen LogP contribution in [0.4, 0.5) is 11.4 Å². The van der Waals surface area contributed by atoms with Gasteiger partial charge >= 0.3 is 0 Å². The Morgan fingerprint density at radius 1 is 1.11 bits per heavy atom. The Morgan fingerprint density at radius 3 is 2.56 bits per heavy atom. The number of nitrogens with zero attached hydrogens (tertiary/aromatic N) is 3. The van der Waals surface area contributed by atoms with Gasteiger partial charge < -0.3 is 19.9 Å². The molecule has 2 aromatic rings. The molecule has 140 valence electrons. The van der Waals surface area contributed by atoms with Crippen molar-refractivity contribution in [2.24, 2.45) is 0 Å². The van der Waals surface area contributed by atoms with Crippen LogP contribution < -0.4 is 15.0 Å². The SMILES string of the molecule is CCN1CCN(c2ccccc2NC(=O)COc2ccccc2C#N)CC1. The van der Waals surface area contributed by atoms with Crippen molar-refractivity contribution in [2.45, 2.75) is 6.92 Å². The number of nitriles is 1. The van der Waals surface area contributed by atoms with E-state index < -0.39 is 0 Å².